The lowest BCUT2D eigenvalue weighted by Crippen LogP contribution is -2.27. The summed E-state index contributed by atoms with van der Waals surface area (Å²) in [6.45, 7) is 5.59. The molecule has 0 bridgehead atoms. The Morgan fingerprint density at radius 1 is 1.38 bits per heavy atom. The summed E-state index contributed by atoms with van der Waals surface area (Å²) in [5.41, 5.74) is 0. The number of hydrogen-bond donors (Lipinski definition) is 1. The molecule has 0 aliphatic rings. The number of thioether (sulfide) groups is 1. The molecule has 1 nitrogen and oxygen atoms in total. The van der Waals surface area contributed by atoms with Crippen LogP contribution in [0.4, 0.5) is 0 Å². The molecule has 0 aromatic heterocycles. The van der Waals surface area contributed by atoms with E-state index in [-0.39, 0.29) is 0 Å². The fraction of sp³-hybridized carbons (Fsp3) is 1.00. The molecule has 1 atom stereocenters. The van der Waals surface area contributed by atoms with E-state index in [2.05, 4.69) is 19.2 Å². The summed E-state index contributed by atoms with van der Waals surface area (Å²) >= 11 is 7.63. The molecule has 80 valence electrons. The van der Waals surface area contributed by atoms with Crippen molar-refractivity contribution < 1.29 is 0 Å². The van der Waals surface area contributed by atoms with Crippen molar-refractivity contribution >= 4 is 23.4 Å². The maximum atomic E-state index is 5.62. The van der Waals surface area contributed by atoms with Crippen molar-refractivity contribution in [2.24, 2.45) is 0 Å². The monoisotopic (exact) mass is 223 g/mol. The Labute approximate surface area is 92.0 Å². The van der Waals surface area contributed by atoms with Gasteiger partial charge < -0.3 is 5.32 Å². The fourth-order valence-corrected chi connectivity index (χ4v) is 1.94. The quantitative estimate of drug-likeness (QED) is 0.476. The van der Waals surface area contributed by atoms with Gasteiger partial charge in [-0.05, 0) is 44.2 Å². The minimum atomic E-state index is 0.630. The molecule has 0 amide bonds. The Hall–Kier alpha value is 0.600. The summed E-state index contributed by atoms with van der Waals surface area (Å²) in [5, 5.41) is 3.50. The molecule has 13 heavy (non-hydrogen) atoms. The third-order valence-corrected chi connectivity index (χ3v) is 3.19. The van der Waals surface area contributed by atoms with Crippen LogP contribution in [0.3, 0.4) is 0 Å². The third kappa shape index (κ3) is 10.5. The molecular formula is C10H22ClNS. The zero-order valence-corrected chi connectivity index (χ0v) is 10.4. The minimum Gasteiger partial charge on any atom is -0.314 e. The largest absolute Gasteiger partial charge is 0.314 e. The Kier molecular flexibility index (Phi) is 11.2. The van der Waals surface area contributed by atoms with Crippen LogP contribution in [-0.2, 0) is 0 Å². The van der Waals surface area contributed by atoms with Gasteiger partial charge in [-0.3, -0.25) is 0 Å². The molecule has 0 aliphatic carbocycles. The van der Waals surface area contributed by atoms with Gasteiger partial charge in [0.25, 0.3) is 0 Å². The number of rotatable bonds is 9. The van der Waals surface area contributed by atoms with E-state index in [9.17, 15) is 0 Å². The molecule has 0 saturated heterocycles. The van der Waals surface area contributed by atoms with Crippen LogP contribution < -0.4 is 5.32 Å². The number of nitrogens with one attached hydrogen (secondary N) is 1. The summed E-state index contributed by atoms with van der Waals surface area (Å²) in [7, 11) is 0. The van der Waals surface area contributed by atoms with Crippen molar-refractivity contribution in [3.8, 4) is 0 Å². The maximum Gasteiger partial charge on any atom is 0.0224 e. The molecule has 0 spiro atoms. The van der Waals surface area contributed by atoms with E-state index < -0.39 is 0 Å². The van der Waals surface area contributed by atoms with Gasteiger partial charge in [0.1, 0.15) is 0 Å². The topological polar surface area (TPSA) is 12.0 Å². The summed E-state index contributed by atoms with van der Waals surface area (Å²) in [4.78, 5) is 0. The molecule has 0 aromatic carbocycles. The first kappa shape index (κ1) is 13.6. The van der Waals surface area contributed by atoms with Crippen molar-refractivity contribution in [1.82, 2.24) is 5.32 Å². The molecule has 1 N–H and O–H groups in total. The molecule has 1 unspecified atom stereocenters. The Morgan fingerprint density at radius 3 is 2.77 bits per heavy atom. The van der Waals surface area contributed by atoms with E-state index in [1.54, 1.807) is 0 Å². The van der Waals surface area contributed by atoms with E-state index in [0.29, 0.717) is 6.04 Å². The summed E-state index contributed by atoms with van der Waals surface area (Å²) in [6.07, 6.45) is 3.60. The third-order valence-electron chi connectivity index (χ3n) is 1.93. The zero-order chi connectivity index (χ0) is 9.94. The smallest absolute Gasteiger partial charge is 0.0224 e. The fourth-order valence-electron chi connectivity index (χ4n) is 1.15. The van der Waals surface area contributed by atoms with Gasteiger partial charge in [0.15, 0.2) is 0 Å². The van der Waals surface area contributed by atoms with Crippen LogP contribution in [0.2, 0.25) is 0 Å². The Balaban J connectivity index is 3.03. The van der Waals surface area contributed by atoms with Crippen LogP contribution in [-0.4, -0.2) is 30.0 Å². The highest BCUT2D eigenvalue weighted by Gasteiger charge is 1.99. The second kappa shape index (κ2) is 10.7. The van der Waals surface area contributed by atoms with Crippen LogP contribution in [0.25, 0.3) is 0 Å². The van der Waals surface area contributed by atoms with Crippen LogP contribution in [0.5, 0.6) is 0 Å². The summed E-state index contributed by atoms with van der Waals surface area (Å²) in [6, 6.07) is 0.630. The molecule has 0 aliphatic heterocycles. The number of alkyl halides is 1. The first-order valence-corrected chi connectivity index (χ1v) is 6.87. The van der Waals surface area contributed by atoms with Crippen LogP contribution in [0.1, 0.15) is 33.1 Å². The first-order chi connectivity index (χ1) is 6.31. The molecular weight excluding hydrogens is 202 g/mol. The Morgan fingerprint density at radius 2 is 2.15 bits per heavy atom. The van der Waals surface area contributed by atoms with E-state index in [1.807, 2.05) is 11.8 Å². The van der Waals surface area contributed by atoms with Gasteiger partial charge >= 0.3 is 0 Å². The van der Waals surface area contributed by atoms with E-state index in [4.69, 9.17) is 11.6 Å². The van der Waals surface area contributed by atoms with Crippen molar-refractivity contribution in [2.75, 3.05) is 23.9 Å². The van der Waals surface area contributed by atoms with Crippen LogP contribution in [0.15, 0.2) is 0 Å². The van der Waals surface area contributed by atoms with Crippen LogP contribution >= 0.6 is 23.4 Å². The first-order valence-electron chi connectivity index (χ1n) is 5.18. The average Bonchev–Trinajstić information content (AvgIpc) is 2.14. The highest BCUT2D eigenvalue weighted by molar-refractivity contribution is 7.99. The van der Waals surface area contributed by atoms with Gasteiger partial charge in [0.05, 0.1) is 0 Å². The standard InChI is InChI=1S/C10H22ClNS/c1-3-13-9-5-8-12-10(2)6-4-7-11/h10,12H,3-9H2,1-2H3. The predicted molar refractivity (Wildman–Crippen MR) is 65.0 cm³/mol. The minimum absolute atomic E-state index is 0.630. The Bertz CT molecular complexity index is 101. The van der Waals surface area contributed by atoms with E-state index >= 15 is 0 Å². The molecule has 3 heteroatoms. The molecule has 0 heterocycles. The van der Waals surface area contributed by atoms with E-state index in [1.165, 1.54) is 24.3 Å². The lowest BCUT2D eigenvalue weighted by atomic mass is 10.2. The highest BCUT2D eigenvalue weighted by Crippen LogP contribution is 2.01. The van der Waals surface area contributed by atoms with Crippen molar-refractivity contribution in [3.05, 3.63) is 0 Å². The second-order valence-corrected chi connectivity index (χ2v) is 5.01. The van der Waals surface area contributed by atoms with Crippen LogP contribution in [0, 0.1) is 0 Å². The van der Waals surface area contributed by atoms with Gasteiger partial charge in [-0.15, -0.1) is 11.6 Å². The molecule has 0 fully saturated rings. The molecule has 0 aromatic rings. The van der Waals surface area contributed by atoms with E-state index in [0.717, 1.165) is 18.8 Å². The predicted octanol–water partition coefficient (Wildman–Crippen LogP) is 3.13. The van der Waals surface area contributed by atoms with Gasteiger partial charge in [-0.1, -0.05) is 6.92 Å². The lowest BCUT2D eigenvalue weighted by molar-refractivity contribution is 0.510. The summed E-state index contributed by atoms with van der Waals surface area (Å²) in [5.74, 6) is 3.31. The zero-order valence-electron chi connectivity index (χ0n) is 8.81. The SMILES string of the molecule is CCSCCCNC(C)CCCCl. The van der Waals surface area contributed by atoms with Crippen molar-refractivity contribution in [3.63, 3.8) is 0 Å². The van der Waals surface area contributed by atoms with Gasteiger partial charge in [0.2, 0.25) is 0 Å². The van der Waals surface area contributed by atoms with Gasteiger partial charge in [0, 0.05) is 11.9 Å². The maximum absolute atomic E-state index is 5.62. The van der Waals surface area contributed by atoms with Gasteiger partial charge in [-0.2, -0.15) is 11.8 Å². The second-order valence-electron chi connectivity index (χ2n) is 3.24. The van der Waals surface area contributed by atoms with Crippen molar-refractivity contribution in [2.45, 2.75) is 39.2 Å². The summed E-state index contributed by atoms with van der Waals surface area (Å²) < 4.78 is 0. The molecule has 0 saturated carbocycles. The number of halogens is 1. The normalized spacial score (nSPS) is 13.2. The molecule has 0 rings (SSSR count). The average molecular weight is 224 g/mol. The van der Waals surface area contributed by atoms with Gasteiger partial charge in [-0.25, -0.2) is 0 Å². The van der Waals surface area contributed by atoms with Crippen molar-refractivity contribution in [1.29, 1.82) is 0 Å². The molecule has 0 radical (unpaired) electrons. The number of hydrogen-bond acceptors (Lipinski definition) is 2. The highest BCUT2D eigenvalue weighted by atomic mass is 35.5. The lowest BCUT2D eigenvalue weighted by Gasteiger charge is -2.12.